The molecule has 0 aliphatic rings. The summed E-state index contributed by atoms with van der Waals surface area (Å²) in [7, 11) is -3.22. The molecule has 2 aromatic carbocycles. The third-order valence-electron chi connectivity index (χ3n) is 5.88. The largest absolute Gasteiger partial charge is 0.442 e. The Hall–Kier alpha value is -2.96. The van der Waals surface area contributed by atoms with Crippen LogP contribution in [0.1, 0.15) is 66.5 Å². The molecule has 1 unspecified atom stereocenters. The Bertz CT molecular complexity index is 1590. The lowest BCUT2D eigenvalue weighted by molar-refractivity contribution is -0.348. The van der Waals surface area contributed by atoms with Crippen molar-refractivity contribution in [3.63, 3.8) is 0 Å². The average molecular weight is 782 g/mol. The molecule has 45 heavy (non-hydrogen) atoms. The van der Waals surface area contributed by atoms with Crippen LogP contribution in [0, 0.1) is 10.5 Å². The molecular formula is C28H31F7IN3O5S. The number of nitrogens with one attached hydrogen (secondary N) is 2. The van der Waals surface area contributed by atoms with Gasteiger partial charge in [-0.15, -0.1) is 4.36 Å². The van der Waals surface area contributed by atoms with E-state index in [1.165, 1.54) is 38.3 Å². The molecule has 3 amide bonds. The van der Waals surface area contributed by atoms with Gasteiger partial charge in [-0.3, -0.25) is 9.59 Å². The van der Waals surface area contributed by atoms with Gasteiger partial charge in [0.1, 0.15) is 5.60 Å². The lowest BCUT2D eigenvalue weighted by atomic mass is 9.92. The number of alkyl halides is 7. The van der Waals surface area contributed by atoms with Crippen LogP contribution in [0.15, 0.2) is 40.8 Å². The summed E-state index contributed by atoms with van der Waals surface area (Å²) in [4.78, 5) is 38.7. The van der Waals surface area contributed by atoms with E-state index >= 15 is 0 Å². The van der Waals surface area contributed by atoms with Gasteiger partial charge in [0.15, 0.2) is 0 Å². The van der Waals surface area contributed by atoms with Gasteiger partial charge in [0, 0.05) is 26.6 Å². The van der Waals surface area contributed by atoms with Crippen molar-refractivity contribution in [2.45, 2.75) is 70.7 Å². The number of aryl methyl sites for hydroxylation is 1. The summed E-state index contributed by atoms with van der Waals surface area (Å²) >= 11 is 1.78. The highest BCUT2D eigenvalue weighted by molar-refractivity contribution is 14.1. The van der Waals surface area contributed by atoms with E-state index < -0.39 is 62.4 Å². The zero-order chi connectivity index (χ0) is 35.0. The maximum atomic E-state index is 14.5. The molecule has 0 radical (unpaired) electrons. The van der Waals surface area contributed by atoms with E-state index in [9.17, 15) is 49.3 Å². The van der Waals surface area contributed by atoms with Gasteiger partial charge in [0.05, 0.1) is 26.6 Å². The van der Waals surface area contributed by atoms with Crippen molar-refractivity contribution in [2.24, 2.45) is 4.36 Å². The molecule has 0 saturated heterocycles. The smallest absolute Gasteiger partial charge is 0.442 e. The number of halogens is 8. The molecule has 17 heteroatoms. The van der Waals surface area contributed by atoms with Crippen LogP contribution in [0.4, 0.5) is 41.2 Å². The standard InChI is InChI=1S/C28H31F7IN3O5S/c1-15-13-16(26(29,27(30,31)32)28(33,34)35)11-12-19(15)37-21(40)17-9-8-10-18(36)20(17)22(41)38-25(5,6)14-45(7,43)39-23(42)44-24(2,3)4/h8-13H,14H2,1-7H3,(H,37,40)(H,38,41). The number of hydrogen-bond acceptors (Lipinski definition) is 5. The molecule has 2 aromatic rings. The molecule has 0 aromatic heterocycles. The van der Waals surface area contributed by atoms with Crippen molar-refractivity contribution in [1.29, 1.82) is 0 Å². The maximum absolute atomic E-state index is 14.5. The van der Waals surface area contributed by atoms with Crippen molar-refractivity contribution >= 4 is 55.9 Å². The number of nitrogens with zero attached hydrogens (tertiary/aromatic N) is 1. The minimum absolute atomic E-state index is 0.151. The summed E-state index contributed by atoms with van der Waals surface area (Å²) < 4.78 is 116. The van der Waals surface area contributed by atoms with Crippen molar-refractivity contribution in [3.8, 4) is 0 Å². The second-order valence-electron chi connectivity index (χ2n) is 11.8. The summed E-state index contributed by atoms with van der Waals surface area (Å²) in [5.74, 6) is -2.05. The van der Waals surface area contributed by atoms with Gasteiger partial charge in [-0.05, 0) is 87.9 Å². The number of benzene rings is 2. The highest BCUT2D eigenvalue weighted by Gasteiger charge is 2.73. The van der Waals surface area contributed by atoms with Gasteiger partial charge >= 0.3 is 24.1 Å². The van der Waals surface area contributed by atoms with Crippen LogP contribution in [-0.4, -0.2) is 57.6 Å². The molecule has 1 atom stereocenters. The number of rotatable bonds is 7. The fourth-order valence-corrected chi connectivity index (χ4v) is 6.76. The first-order valence-corrected chi connectivity index (χ1v) is 16.1. The Balaban J connectivity index is 2.38. The number of carbonyl (C=O) groups is 3. The Kier molecular flexibility index (Phi) is 11.1. The molecular weight excluding hydrogens is 750 g/mol. The molecule has 0 fully saturated rings. The van der Waals surface area contributed by atoms with Crippen molar-refractivity contribution in [3.05, 3.63) is 62.2 Å². The van der Waals surface area contributed by atoms with Gasteiger partial charge in [0.25, 0.3) is 11.8 Å². The quantitative estimate of drug-likeness (QED) is 0.221. The first-order chi connectivity index (χ1) is 20.1. The van der Waals surface area contributed by atoms with E-state index in [0.717, 1.165) is 6.92 Å². The lowest BCUT2D eigenvalue weighted by Gasteiger charge is -2.30. The van der Waals surface area contributed by atoms with Crippen LogP contribution in [0.3, 0.4) is 0 Å². The number of carbonyl (C=O) groups excluding carboxylic acids is 3. The number of anilines is 1. The second-order valence-corrected chi connectivity index (χ2v) is 15.4. The number of amides is 3. The third kappa shape index (κ3) is 9.52. The Labute approximate surface area is 269 Å². The average Bonchev–Trinajstić information content (AvgIpc) is 2.80. The van der Waals surface area contributed by atoms with E-state index in [-0.39, 0.29) is 37.8 Å². The summed E-state index contributed by atoms with van der Waals surface area (Å²) in [6.07, 6.45) is -12.5. The maximum Gasteiger partial charge on any atom is 0.442 e. The Morgan fingerprint density at radius 1 is 0.911 bits per heavy atom. The zero-order valence-electron chi connectivity index (χ0n) is 25.1. The fourth-order valence-electron chi connectivity index (χ4n) is 4.19. The van der Waals surface area contributed by atoms with Crippen LogP contribution >= 0.6 is 22.6 Å². The van der Waals surface area contributed by atoms with Crippen LogP contribution in [-0.2, 0) is 20.1 Å². The zero-order valence-corrected chi connectivity index (χ0v) is 28.1. The molecule has 0 bridgehead atoms. The minimum atomic E-state index is -6.31. The predicted molar refractivity (Wildman–Crippen MR) is 162 cm³/mol. The van der Waals surface area contributed by atoms with E-state index in [1.807, 2.05) is 0 Å². The van der Waals surface area contributed by atoms with Crippen molar-refractivity contribution in [2.75, 3.05) is 17.3 Å². The molecule has 0 aliphatic carbocycles. The lowest BCUT2D eigenvalue weighted by Crippen LogP contribution is -2.50. The topological polar surface area (TPSA) is 114 Å². The van der Waals surface area contributed by atoms with Crippen LogP contribution in [0.5, 0.6) is 0 Å². The van der Waals surface area contributed by atoms with Gasteiger partial charge in [0.2, 0.25) is 0 Å². The van der Waals surface area contributed by atoms with Gasteiger partial charge in [-0.25, -0.2) is 13.4 Å². The van der Waals surface area contributed by atoms with E-state index in [4.69, 9.17) is 4.74 Å². The van der Waals surface area contributed by atoms with Crippen molar-refractivity contribution in [1.82, 2.24) is 5.32 Å². The monoisotopic (exact) mass is 781 g/mol. The van der Waals surface area contributed by atoms with Crippen LogP contribution < -0.4 is 10.6 Å². The van der Waals surface area contributed by atoms with Crippen LogP contribution in [0.2, 0.25) is 0 Å². The third-order valence-corrected chi connectivity index (χ3v) is 8.57. The van der Waals surface area contributed by atoms with E-state index in [2.05, 4.69) is 15.0 Å². The minimum Gasteiger partial charge on any atom is -0.442 e. The van der Waals surface area contributed by atoms with Crippen LogP contribution in [0.25, 0.3) is 0 Å². The molecule has 2 N–H and O–H groups in total. The molecule has 2 rings (SSSR count). The summed E-state index contributed by atoms with van der Waals surface area (Å²) in [6, 6.07) is 5.46. The molecule has 0 heterocycles. The van der Waals surface area contributed by atoms with E-state index in [0.29, 0.717) is 12.1 Å². The molecule has 8 nitrogen and oxygen atoms in total. The highest BCUT2D eigenvalue weighted by atomic mass is 127. The molecule has 0 aliphatic heterocycles. The van der Waals surface area contributed by atoms with Gasteiger partial charge < -0.3 is 15.4 Å². The number of hydrogen-bond donors (Lipinski definition) is 2. The molecule has 0 saturated carbocycles. The molecule has 0 spiro atoms. The second kappa shape index (κ2) is 13.0. The SMILES string of the molecule is Cc1cc(C(F)(C(F)(F)F)C(F)(F)F)ccc1NC(=O)c1cccc(I)c1C(=O)NC(C)(C)CS(C)(=O)=NC(=O)OC(C)(C)C. The summed E-state index contributed by atoms with van der Waals surface area (Å²) in [5.41, 5.74) is -10.4. The first-order valence-electron chi connectivity index (χ1n) is 12.9. The predicted octanol–water partition coefficient (Wildman–Crippen LogP) is 7.68. The summed E-state index contributed by atoms with van der Waals surface area (Å²) in [5, 5.41) is 4.97. The van der Waals surface area contributed by atoms with E-state index in [1.54, 1.807) is 43.4 Å². The first kappa shape index (κ1) is 38.2. The highest BCUT2D eigenvalue weighted by Crippen LogP contribution is 2.53. The molecule has 250 valence electrons. The fraction of sp³-hybridized carbons (Fsp3) is 0.464. The normalized spacial score (nSPS) is 14.3. The Morgan fingerprint density at radius 2 is 1.47 bits per heavy atom. The Morgan fingerprint density at radius 3 is 1.96 bits per heavy atom. The van der Waals surface area contributed by atoms with Gasteiger partial charge in [-0.2, -0.15) is 26.3 Å². The summed E-state index contributed by atoms with van der Waals surface area (Å²) in [6.45, 7) is 8.89. The van der Waals surface area contributed by atoms with Gasteiger partial charge in [-0.1, -0.05) is 18.2 Å². The van der Waals surface area contributed by atoms with Crippen molar-refractivity contribution < 1.29 is 54.1 Å². The number of ether oxygens (including phenoxy) is 1.